The van der Waals surface area contributed by atoms with Gasteiger partial charge in [0, 0.05) is 25.0 Å². The van der Waals surface area contributed by atoms with Crippen molar-refractivity contribution in [3.05, 3.63) is 58.4 Å². The largest absolute Gasteiger partial charge is 0.496 e. The third-order valence-electron chi connectivity index (χ3n) is 4.51. The molecule has 7 nitrogen and oxygen atoms in total. The highest BCUT2D eigenvalue weighted by atomic mass is 16.5. The number of aromatic nitrogens is 1. The van der Waals surface area contributed by atoms with Crippen molar-refractivity contribution in [1.29, 1.82) is 5.26 Å². The summed E-state index contributed by atoms with van der Waals surface area (Å²) in [5.41, 5.74) is 2.77. The molecule has 1 heterocycles. The predicted octanol–water partition coefficient (Wildman–Crippen LogP) is 3.09. The van der Waals surface area contributed by atoms with E-state index in [0.29, 0.717) is 24.5 Å². The van der Waals surface area contributed by atoms with Gasteiger partial charge in [0.2, 0.25) is 5.78 Å². The monoisotopic (exact) mass is 396 g/mol. The molecule has 0 aliphatic rings. The minimum atomic E-state index is -0.850. The van der Waals surface area contributed by atoms with E-state index >= 15 is 0 Å². The zero-order chi connectivity index (χ0) is 21.4. The number of nitriles is 1. The molecule has 0 saturated heterocycles. The number of hydrogen-bond acceptors (Lipinski definition) is 6. The van der Waals surface area contributed by atoms with Crippen molar-refractivity contribution in [3.8, 4) is 11.8 Å². The minimum Gasteiger partial charge on any atom is -0.496 e. The highest BCUT2D eigenvalue weighted by molar-refractivity contribution is 6.03. The number of hydrogen-bond donors (Lipinski definition) is 0. The van der Waals surface area contributed by atoms with Crippen molar-refractivity contribution < 1.29 is 23.8 Å². The zero-order valence-corrected chi connectivity index (χ0v) is 17.0. The maximum absolute atomic E-state index is 12.3. The van der Waals surface area contributed by atoms with Crippen LogP contribution in [0.4, 0.5) is 0 Å². The van der Waals surface area contributed by atoms with E-state index in [1.807, 2.05) is 30.6 Å². The maximum Gasteiger partial charge on any atom is 0.349 e. The summed E-state index contributed by atoms with van der Waals surface area (Å²) in [5.74, 6) is -0.864. The van der Waals surface area contributed by atoms with Crippen molar-refractivity contribution in [1.82, 2.24) is 4.57 Å². The van der Waals surface area contributed by atoms with Crippen LogP contribution in [-0.4, -0.2) is 43.8 Å². The van der Waals surface area contributed by atoms with Gasteiger partial charge in [-0.25, -0.2) is 4.79 Å². The number of methoxy groups -OCH3 is 2. The average molecular weight is 396 g/mol. The van der Waals surface area contributed by atoms with Crippen molar-refractivity contribution >= 4 is 17.8 Å². The number of para-hydroxylation sites is 1. The molecule has 1 aromatic heterocycles. The maximum atomic E-state index is 12.3. The van der Waals surface area contributed by atoms with E-state index in [2.05, 4.69) is 0 Å². The van der Waals surface area contributed by atoms with Gasteiger partial charge in [-0.15, -0.1) is 0 Å². The first-order valence-electron chi connectivity index (χ1n) is 9.03. The summed E-state index contributed by atoms with van der Waals surface area (Å²) in [5, 5.41) is 9.38. The highest BCUT2D eigenvalue weighted by Crippen LogP contribution is 2.20. The Morgan fingerprint density at radius 1 is 1.21 bits per heavy atom. The smallest absolute Gasteiger partial charge is 0.349 e. The molecular weight excluding hydrogens is 372 g/mol. The molecule has 1 aromatic carbocycles. The Hall–Kier alpha value is -3.37. The number of benzene rings is 1. The van der Waals surface area contributed by atoms with Gasteiger partial charge in [-0.1, -0.05) is 12.1 Å². The summed E-state index contributed by atoms with van der Waals surface area (Å²) in [6.07, 6.45) is 1.47. The molecule has 0 spiro atoms. The fraction of sp³-hybridized carbons (Fsp3) is 0.318. The SMILES string of the molecule is COCCn1c(C)cc(C=C(C#N)C(=O)OCC(=O)c2ccccc2OC)c1C. The van der Waals surface area contributed by atoms with Crippen LogP contribution in [0.2, 0.25) is 0 Å². The Bertz CT molecular complexity index is 966. The lowest BCUT2D eigenvalue weighted by molar-refractivity contribution is -0.137. The number of rotatable bonds is 9. The third-order valence-corrected chi connectivity index (χ3v) is 4.51. The lowest BCUT2D eigenvalue weighted by Gasteiger charge is -2.08. The van der Waals surface area contributed by atoms with E-state index < -0.39 is 18.4 Å². The van der Waals surface area contributed by atoms with Crippen LogP contribution in [0.15, 0.2) is 35.9 Å². The van der Waals surface area contributed by atoms with Gasteiger partial charge in [0.25, 0.3) is 0 Å². The molecule has 0 bridgehead atoms. The lowest BCUT2D eigenvalue weighted by Crippen LogP contribution is -2.15. The van der Waals surface area contributed by atoms with Crippen molar-refractivity contribution in [3.63, 3.8) is 0 Å². The standard InChI is InChI=1S/C22H24N2O5/c1-15-11-17(16(2)24(15)9-10-27-3)12-18(13-23)22(26)29-14-20(25)19-7-5-6-8-21(19)28-4/h5-8,11-12H,9-10,14H2,1-4H3. The molecular formula is C22H24N2O5. The van der Waals surface area contributed by atoms with Crippen LogP contribution in [0.1, 0.15) is 27.3 Å². The fourth-order valence-electron chi connectivity index (χ4n) is 2.95. The topological polar surface area (TPSA) is 90.5 Å². The number of carbonyl (C=O) groups excluding carboxylic acids is 2. The normalized spacial score (nSPS) is 11.1. The lowest BCUT2D eigenvalue weighted by atomic mass is 10.1. The van der Waals surface area contributed by atoms with E-state index in [9.17, 15) is 14.9 Å². The highest BCUT2D eigenvalue weighted by Gasteiger charge is 2.18. The number of carbonyl (C=O) groups is 2. The summed E-state index contributed by atoms with van der Waals surface area (Å²) in [7, 11) is 3.09. The summed E-state index contributed by atoms with van der Waals surface area (Å²) in [6, 6.07) is 10.4. The van der Waals surface area contributed by atoms with E-state index in [1.165, 1.54) is 13.2 Å². The van der Waals surface area contributed by atoms with Gasteiger partial charge in [-0.3, -0.25) is 4.79 Å². The third kappa shape index (κ3) is 5.33. The number of nitrogens with zero attached hydrogens (tertiary/aromatic N) is 2. The first-order chi connectivity index (χ1) is 13.9. The quantitative estimate of drug-likeness (QED) is 0.280. The Kier molecular flexibility index (Phi) is 7.75. The van der Waals surface area contributed by atoms with Crippen LogP contribution in [0.25, 0.3) is 6.08 Å². The molecule has 7 heteroatoms. The first kappa shape index (κ1) is 21.9. The number of esters is 1. The second kappa shape index (κ2) is 10.2. The number of Topliss-reactive ketones (excluding diaryl/α,β-unsaturated/α-hetero) is 1. The Morgan fingerprint density at radius 3 is 2.59 bits per heavy atom. The second-order valence-corrected chi connectivity index (χ2v) is 6.34. The molecule has 0 saturated carbocycles. The van der Waals surface area contributed by atoms with Crippen LogP contribution < -0.4 is 4.74 Å². The van der Waals surface area contributed by atoms with Gasteiger partial charge in [0.1, 0.15) is 17.4 Å². The van der Waals surface area contributed by atoms with Crippen molar-refractivity contribution in [2.75, 3.05) is 27.4 Å². The fourth-order valence-corrected chi connectivity index (χ4v) is 2.95. The van der Waals surface area contributed by atoms with Gasteiger partial charge in [0.15, 0.2) is 6.61 Å². The summed E-state index contributed by atoms with van der Waals surface area (Å²) >= 11 is 0. The Morgan fingerprint density at radius 2 is 1.93 bits per heavy atom. The van der Waals surface area contributed by atoms with Crippen LogP contribution >= 0.6 is 0 Å². The van der Waals surface area contributed by atoms with Gasteiger partial charge < -0.3 is 18.8 Å². The minimum absolute atomic E-state index is 0.176. The molecule has 0 aliphatic carbocycles. The molecule has 0 atom stereocenters. The molecule has 152 valence electrons. The Balaban J connectivity index is 2.13. The molecule has 0 radical (unpaired) electrons. The van der Waals surface area contributed by atoms with Crippen molar-refractivity contribution in [2.24, 2.45) is 0 Å². The summed E-state index contributed by atoms with van der Waals surface area (Å²) in [4.78, 5) is 24.6. The van der Waals surface area contributed by atoms with E-state index in [4.69, 9.17) is 14.2 Å². The van der Waals surface area contributed by atoms with Crippen molar-refractivity contribution in [2.45, 2.75) is 20.4 Å². The summed E-state index contributed by atoms with van der Waals surface area (Å²) in [6.45, 7) is 4.58. The molecule has 0 aliphatic heterocycles. The molecule has 2 aromatic rings. The Labute approximate surface area is 170 Å². The molecule has 2 rings (SSSR count). The number of ketones is 1. The molecule has 29 heavy (non-hydrogen) atoms. The molecule has 0 N–H and O–H groups in total. The van der Waals surface area contributed by atoms with E-state index in [1.54, 1.807) is 31.4 Å². The van der Waals surface area contributed by atoms with Crippen LogP contribution in [0.5, 0.6) is 5.75 Å². The van der Waals surface area contributed by atoms with Gasteiger partial charge in [-0.05, 0) is 43.7 Å². The number of aryl methyl sites for hydroxylation is 1. The average Bonchev–Trinajstić information content (AvgIpc) is 3.00. The predicted molar refractivity (Wildman–Crippen MR) is 108 cm³/mol. The summed E-state index contributed by atoms with van der Waals surface area (Å²) < 4.78 is 17.4. The van der Waals surface area contributed by atoms with Gasteiger partial charge in [-0.2, -0.15) is 5.26 Å². The first-order valence-corrected chi connectivity index (χ1v) is 9.03. The molecule has 0 amide bonds. The number of ether oxygens (including phenoxy) is 3. The van der Waals surface area contributed by atoms with Gasteiger partial charge >= 0.3 is 5.97 Å². The van der Waals surface area contributed by atoms with E-state index in [0.717, 1.165) is 17.0 Å². The second-order valence-electron chi connectivity index (χ2n) is 6.34. The van der Waals surface area contributed by atoms with Gasteiger partial charge in [0.05, 0.1) is 19.3 Å². The van der Waals surface area contributed by atoms with Crippen LogP contribution in [0.3, 0.4) is 0 Å². The van der Waals surface area contributed by atoms with Crippen LogP contribution in [0, 0.1) is 25.2 Å². The van der Waals surface area contributed by atoms with Crippen LogP contribution in [-0.2, 0) is 20.8 Å². The molecule has 0 fully saturated rings. The molecule has 0 unspecified atom stereocenters. The zero-order valence-electron chi connectivity index (χ0n) is 17.0. The van der Waals surface area contributed by atoms with E-state index in [-0.39, 0.29) is 5.57 Å².